The zero-order valence-corrected chi connectivity index (χ0v) is 17.9. The number of benzene rings is 2. The number of rotatable bonds is 6. The number of nitrogens with zero attached hydrogens (tertiary/aromatic N) is 4. The largest absolute Gasteiger partial charge is 0.375 e. The predicted octanol–water partition coefficient (Wildman–Crippen LogP) is 3.03. The van der Waals surface area contributed by atoms with E-state index in [1.165, 1.54) is 18.5 Å². The summed E-state index contributed by atoms with van der Waals surface area (Å²) in [5.74, 6) is 0.881. The molecule has 2 aromatic carbocycles. The first-order valence-electron chi connectivity index (χ1n) is 9.74. The molecule has 0 spiro atoms. The maximum atomic E-state index is 12.8. The number of nitro benzene ring substituents is 1. The van der Waals surface area contributed by atoms with E-state index in [4.69, 9.17) is 0 Å². The third-order valence-electron chi connectivity index (χ3n) is 5.27. The van der Waals surface area contributed by atoms with E-state index in [1.54, 1.807) is 23.7 Å². The van der Waals surface area contributed by atoms with Gasteiger partial charge in [-0.25, -0.2) is 18.1 Å². The second-order valence-electron chi connectivity index (χ2n) is 7.60. The number of aromatic nitrogens is 3. The average molecular weight is 443 g/mol. The van der Waals surface area contributed by atoms with Gasteiger partial charge in [-0.05, 0) is 44.0 Å². The summed E-state index contributed by atoms with van der Waals surface area (Å²) in [5, 5.41) is 19.0. The summed E-state index contributed by atoms with van der Waals surface area (Å²) in [6.45, 7) is 4.24. The molecule has 3 aromatic rings. The Labute approximate surface area is 179 Å². The van der Waals surface area contributed by atoms with Gasteiger partial charge in [-0.3, -0.25) is 14.8 Å². The van der Waals surface area contributed by atoms with Crippen LogP contribution < -0.4 is 10.0 Å². The normalized spacial score (nSPS) is 15.9. The molecule has 4 rings (SSSR count). The van der Waals surface area contributed by atoms with Gasteiger partial charge in [-0.15, -0.1) is 0 Å². The van der Waals surface area contributed by atoms with Crippen molar-refractivity contribution in [3.63, 3.8) is 0 Å². The van der Waals surface area contributed by atoms with Gasteiger partial charge in [0.15, 0.2) is 0 Å². The molecule has 2 N–H and O–H groups in total. The third kappa shape index (κ3) is 4.36. The van der Waals surface area contributed by atoms with Crippen molar-refractivity contribution in [2.75, 3.05) is 10.0 Å². The van der Waals surface area contributed by atoms with Crippen molar-refractivity contribution < 1.29 is 13.3 Å². The van der Waals surface area contributed by atoms with Crippen LogP contribution in [-0.4, -0.2) is 34.1 Å². The van der Waals surface area contributed by atoms with Crippen LogP contribution in [0.25, 0.3) is 0 Å². The molecule has 1 atom stereocenters. The molecule has 162 valence electrons. The van der Waals surface area contributed by atoms with Crippen LogP contribution in [0.4, 0.5) is 17.1 Å². The molecule has 1 aromatic heterocycles. The smallest absolute Gasteiger partial charge is 0.293 e. The summed E-state index contributed by atoms with van der Waals surface area (Å²) in [7, 11) is -3.99. The Morgan fingerprint density at radius 2 is 1.94 bits per heavy atom. The first-order chi connectivity index (χ1) is 14.7. The molecule has 0 radical (unpaired) electrons. The lowest BCUT2D eigenvalue weighted by Gasteiger charge is -2.24. The molecule has 1 aliphatic heterocycles. The molecule has 1 aliphatic rings. The van der Waals surface area contributed by atoms with Gasteiger partial charge >= 0.3 is 0 Å². The molecule has 31 heavy (non-hydrogen) atoms. The van der Waals surface area contributed by atoms with Crippen molar-refractivity contribution >= 4 is 27.1 Å². The number of aryl methyl sites for hydroxylation is 3. The van der Waals surface area contributed by atoms with Gasteiger partial charge in [0.2, 0.25) is 0 Å². The van der Waals surface area contributed by atoms with E-state index >= 15 is 0 Å². The fourth-order valence-corrected chi connectivity index (χ4v) is 4.81. The van der Waals surface area contributed by atoms with E-state index < -0.39 is 14.9 Å². The van der Waals surface area contributed by atoms with Crippen LogP contribution in [0.1, 0.15) is 23.4 Å². The number of nitrogens with one attached hydrogen (secondary N) is 2. The van der Waals surface area contributed by atoms with E-state index in [2.05, 4.69) is 20.1 Å². The molecule has 0 saturated carbocycles. The van der Waals surface area contributed by atoms with Crippen LogP contribution in [0.3, 0.4) is 0 Å². The Morgan fingerprint density at radius 1 is 1.16 bits per heavy atom. The minimum absolute atomic E-state index is 0.0799. The van der Waals surface area contributed by atoms with Gasteiger partial charge in [0, 0.05) is 18.5 Å². The minimum atomic E-state index is -3.99. The topological polar surface area (TPSA) is 132 Å². The van der Waals surface area contributed by atoms with Crippen LogP contribution >= 0.6 is 0 Å². The second-order valence-corrected chi connectivity index (χ2v) is 9.28. The number of sulfonamides is 1. The lowest BCUT2D eigenvalue weighted by atomic mass is 10.1. The zero-order valence-electron chi connectivity index (χ0n) is 17.1. The predicted molar refractivity (Wildman–Crippen MR) is 116 cm³/mol. The first kappa shape index (κ1) is 20.8. The third-order valence-corrected chi connectivity index (χ3v) is 6.63. The van der Waals surface area contributed by atoms with Crippen LogP contribution in [0.15, 0.2) is 47.6 Å². The van der Waals surface area contributed by atoms with Gasteiger partial charge in [-0.2, -0.15) is 5.10 Å². The van der Waals surface area contributed by atoms with E-state index in [9.17, 15) is 18.5 Å². The van der Waals surface area contributed by atoms with Crippen molar-refractivity contribution in [1.29, 1.82) is 0 Å². The van der Waals surface area contributed by atoms with E-state index in [0.29, 0.717) is 18.7 Å². The molecular formula is C20H22N6O4S. The standard InChI is InChI=1S/C20H22N6O4S/c1-13-3-6-17(14(2)9-13)24-31(29,30)16-5-7-18(19(10-16)26(27)28)23-15-4-8-20-21-12-22-25(20)11-15/h3,5-7,9-10,12,15,23-24H,4,8,11H2,1-2H3. The highest BCUT2D eigenvalue weighted by atomic mass is 32.2. The summed E-state index contributed by atoms with van der Waals surface area (Å²) in [6.07, 6.45) is 2.94. The van der Waals surface area contributed by atoms with Crippen molar-refractivity contribution in [3.05, 3.63) is 69.8 Å². The van der Waals surface area contributed by atoms with E-state index in [-0.39, 0.29) is 22.3 Å². The number of hydrogen-bond acceptors (Lipinski definition) is 7. The van der Waals surface area contributed by atoms with Gasteiger partial charge in [0.05, 0.1) is 22.1 Å². The number of anilines is 2. The zero-order chi connectivity index (χ0) is 22.2. The Balaban J connectivity index is 1.59. The highest BCUT2D eigenvalue weighted by Crippen LogP contribution is 2.30. The fourth-order valence-electron chi connectivity index (χ4n) is 3.66. The first-order valence-corrected chi connectivity index (χ1v) is 11.2. The van der Waals surface area contributed by atoms with Crippen molar-refractivity contribution in [3.8, 4) is 0 Å². The Kier molecular flexibility index (Phi) is 5.36. The van der Waals surface area contributed by atoms with Gasteiger partial charge < -0.3 is 5.32 Å². The summed E-state index contributed by atoms with van der Waals surface area (Å²) < 4.78 is 30.0. The van der Waals surface area contributed by atoms with Crippen LogP contribution in [0, 0.1) is 24.0 Å². The molecule has 11 heteroatoms. The second kappa shape index (κ2) is 7.99. The van der Waals surface area contributed by atoms with Gasteiger partial charge in [0.25, 0.3) is 15.7 Å². The van der Waals surface area contributed by atoms with Crippen LogP contribution in [-0.2, 0) is 23.0 Å². The summed E-state index contributed by atoms with van der Waals surface area (Å²) in [6, 6.07) is 9.13. The van der Waals surface area contributed by atoms with Gasteiger partial charge in [-0.1, -0.05) is 17.7 Å². The van der Waals surface area contributed by atoms with Crippen LogP contribution in [0.5, 0.6) is 0 Å². The fraction of sp³-hybridized carbons (Fsp3) is 0.300. The van der Waals surface area contributed by atoms with E-state index in [1.807, 2.05) is 13.0 Å². The van der Waals surface area contributed by atoms with E-state index in [0.717, 1.165) is 29.4 Å². The number of fused-ring (bicyclic) bond motifs is 1. The summed E-state index contributed by atoms with van der Waals surface area (Å²) in [4.78, 5) is 15.1. The quantitative estimate of drug-likeness (QED) is 0.443. The molecule has 2 heterocycles. The average Bonchev–Trinajstić information content (AvgIpc) is 3.18. The maximum absolute atomic E-state index is 12.8. The molecule has 0 bridgehead atoms. The maximum Gasteiger partial charge on any atom is 0.293 e. The molecule has 0 fully saturated rings. The lowest BCUT2D eigenvalue weighted by Crippen LogP contribution is -2.32. The SMILES string of the molecule is Cc1ccc(NS(=O)(=O)c2ccc(NC3CCc4ncnn4C3)c([N+](=O)[O-])c2)c(C)c1. The van der Waals surface area contributed by atoms with Crippen molar-refractivity contribution in [2.45, 2.75) is 44.2 Å². The summed E-state index contributed by atoms with van der Waals surface area (Å²) >= 11 is 0. The van der Waals surface area contributed by atoms with Gasteiger partial charge in [0.1, 0.15) is 17.8 Å². The van der Waals surface area contributed by atoms with Crippen LogP contribution in [0.2, 0.25) is 0 Å². The minimum Gasteiger partial charge on any atom is -0.375 e. The molecule has 10 nitrogen and oxygen atoms in total. The van der Waals surface area contributed by atoms with Crippen molar-refractivity contribution in [2.24, 2.45) is 0 Å². The Hall–Kier alpha value is -3.47. The number of hydrogen-bond donors (Lipinski definition) is 2. The Morgan fingerprint density at radius 3 is 2.68 bits per heavy atom. The molecular weight excluding hydrogens is 420 g/mol. The highest BCUT2D eigenvalue weighted by Gasteiger charge is 2.25. The van der Waals surface area contributed by atoms with Crippen molar-refractivity contribution in [1.82, 2.24) is 14.8 Å². The summed E-state index contributed by atoms with van der Waals surface area (Å²) in [5.41, 5.74) is 2.17. The molecule has 1 unspecified atom stereocenters. The molecule has 0 aliphatic carbocycles. The lowest BCUT2D eigenvalue weighted by molar-refractivity contribution is -0.384. The molecule has 0 saturated heterocycles. The Bertz CT molecular complexity index is 1250. The molecule has 0 amide bonds. The highest BCUT2D eigenvalue weighted by molar-refractivity contribution is 7.92. The number of nitro groups is 1. The monoisotopic (exact) mass is 442 g/mol.